The molecular formula is C22H20ClN5O2. The summed E-state index contributed by atoms with van der Waals surface area (Å²) in [4.78, 5) is 16.7. The fourth-order valence-electron chi connectivity index (χ4n) is 3.06. The molecule has 30 heavy (non-hydrogen) atoms. The van der Waals surface area contributed by atoms with Crippen LogP contribution in [0, 0.1) is 0 Å². The second-order valence-corrected chi connectivity index (χ2v) is 7.13. The number of amides is 1. The van der Waals surface area contributed by atoms with E-state index < -0.39 is 0 Å². The van der Waals surface area contributed by atoms with E-state index in [-0.39, 0.29) is 12.3 Å². The van der Waals surface area contributed by atoms with Gasteiger partial charge in [0.25, 0.3) is 0 Å². The zero-order valence-electron chi connectivity index (χ0n) is 16.4. The van der Waals surface area contributed by atoms with Gasteiger partial charge in [0.2, 0.25) is 5.91 Å². The average Bonchev–Trinajstić information content (AvgIpc) is 3.42. The first kappa shape index (κ1) is 19.8. The van der Waals surface area contributed by atoms with Gasteiger partial charge in [0.05, 0.1) is 6.20 Å². The highest BCUT2D eigenvalue weighted by molar-refractivity contribution is 6.30. The Hall–Kier alpha value is -3.45. The van der Waals surface area contributed by atoms with Gasteiger partial charge >= 0.3 is 0 Å². The molecule has 0 bridgehead atoms. The summed E-state index contributed by atoms with van der Waals surface area (Å²) in [6.45, 7) is 2.80. The van der Waals surface area contributed by atoms with Crippen LogP contribution in [-0.4, -0.2) is 25.7 Å². The molecule has 0 saturated carbocycles. The summed E-state index contributed by atoms with van der Waals surface area (Å²) >= 11 is 5.91. The molecule has 0 aliphatic heterocycles. The van der Waals surface area contributed by atoms with Crippen molar-refractivity contribution in [2.45, 2.75) is 26.3 Å². The maximum absolute atomic E-state index is 12.4. The van der Waals surface area contributed by atoms with Gasteiger partial charge in [-0.05, 0) is 43.3 Å². The normalized spacial score (nSPS) is 10.9. The van der Waals surface area contributed by atoms with E-state index >= 15 is 0 Å². The molecule has 2 heterocycles. The smallest absolute Gasteiger partial charge is 0.224 e. The third kappa shape index (κ3) is 4.58. The topological polar surface area (TPSA) is 85.8 Å². The van der Waals surface area contributed by atoms with Gasteiger partial charge in [-0.25, -0.2) is 4.98 Å². The van der Waals surface area contributed by atoms with Crippen LogP contribution in [0.2, 0.25) is 5.02 Å². The summed E-state index contributed by atoms with van der Waals surface area (Å²) in [6.07, 6.45) is 4.01. The summed E-state index contributed by atoms with van der Waals surface area (Å²) in [7, 11) is 0. The Morgan fingerprint density at radius 2 is 2.00 bits per heavy atom. The first-order valence-corrected chi connectivity index (χ1v) is 9.99. The Bertz CT molecular complexity index is 1150. The van der Waals surface area contributed by atoms with Crippen LogP contribution in [0.15, 0.2) is 65.5 Å². The minimum atomic E-state index is -0.115. The van der Waals surface area contributed by atoms with E-state index in [1.807, 2.05) is 47.9 Å². The zero-order valence-corrected chi connectivity index (χ0v) is 17.1. The van der Waals surface area contributed by atoms with Crippen molar-refractivity contribution < 1.29 is 9.21 Å². The molecule has 0 unspecified atom stereocenters. The molecule has 1 N–H and O–H groups in total. The van der Waals surface area contributed by atoms with Gasteiger partial charge in [0.1, 0.15) is 6.33 Å². The molecule has 0 aliphatic carbocycles. The van der Waals surface area contributed by atoms with Crippen LogP contribution in [-0.2, 0) is 17.8 Å². The van der Waals surface area contributed by atoms with Crippen LogP contribution in [0.5, 0.6) is 0 Å². The van der Waals surface area contributed by atoms with E-state index in [1.54, 1.807) is 24.7 Å². The number of nitrogens with zero attached hydrogens (tertiary/aromatic N) is 4. The lowest BCUT2D eigenvalue weighted by molar-refractivity contribution is -0.116. The molecule has 8 heteroatoms. The van der Waals surface area contributed by atoms with E-state index in [0.29, 0.717) is 28.8 Å². The lowest BCUT2D eigenvalue weighted by Gasteiger charge is -2.07. The minimum absolute atomic E-state index is 0.115. The Kier molecular flexibility index (Phi) is 5.90. The van der Waals surface area contributed by atoms with Crippen molar-refractivity contribution in [3.8, 4) is 22.7 Å². The predicted octanol–water partition coefficient (Wildman–Crippen LogP) is 4.84. The fraction of sp³-hybridized carbons (Fsp3) is 0.182. The molecule has 2 aromatic carbocycles. The molecule has 0 radical (unpaired) electrons. The highest BCUT2D eigenvalue weighted by Gasteiger charge is 2.11. The van der Waals surface area contributed by atoms with E-state index in [2.05, 4.69) is 20.5 Å². The second kappa shape index (κ2) is 8.92. The number of rotatable bonds is 7. The molecule has 1 amide bonds. The van der Waals surface area contributed by atoms with Gasteiger partial charge in [0, 0.05) is 41.2 Å². The SMILES string of the molecule is CCn1cnnc1-c1cccc(NC(=O)CCc2ncc(-c3ccc(Cl)cc3)o2)c1. The standard InChI is InChI=1S/C22H20ClN5O2/c1-2-28-14-25-27-22(28)16-4-3-5-18(12-16)26-20(29)10-11-21-24-13-19(30-21)15-6-8-17(23)9-7-15/h3-9,12-14H,2,10-11H2,1H3,(H,26,29). The quantitative estimate of drug-likeness (QED) is 0.461. The number of halogens is 1. The molecule has 152 valence electrons. The summed E-state index contributed by atoms with van der Waals surface area (Å²) in [6, 6.07) is 14.9. The monoisotopic (exact) mass is 421 g/mol. The number of anilines is 1. The predicted molar refractivity (Wildman–Crippen MR) is 115 cm³/mol. The van der Waals surface area contributed by atoms with Gasteiger partial charge in [-0.2, -0.15) is 0 Å². The van der Waals surface area contributed by atoms with Gasteiger partial charge in [0.15, 0.2) is 17.5 Å². The average molecular weight is 422 g/mol. The van der Waals surface area contributed by atoms with E-state index in [1.165, 1.54) is 0 Å². The van der Waals surface area contributed by atoms with Crippen molar-refractivity contribution in [2.75, 3.05) is 5.32 Å². The number of benzene rings is 2. The molecule has 0 saturated heterocycles. The number of nitrogens with one attached hydrogen (secondary N) is 1. The second-order valence-electron chi connectivity index (χ2n) is 6.69. The first-order valence-electron chi connectivity index (χ1n) is 9.61. The van der Waals surface area contributed by atoms with Crippen molar-refractivity contribution in [3.63, 3.8) is 0 Å². The summed E-state index contributed by atoms with van der Waals surface area (Å²) in [5, 5.41) is 11.7. The molecule has 4 rings (SSSR count). The number of carbonyl (C=O) groups is 1. The van der Waals surface area contributed by atoms with Crippen LogP contribution in [0.4, 0.5) is 5.69 Å². The van der Waals surface area contributed by atoms with Crippen LogP contribution >= 0.6 is 11.6 Å². The van der Waals surface area contributed by atoms with Gasteiger partial charge in [-0.15, -0.1) is 10.2 Å². The van der Waals surface area contributed by atoms with Crippen LogP contribution < -0.4 is 5.32 Å². The van der Waals surface area contributed by atoms with Crippen molar-refractivity contribution in [3.05, 3.63) is 72.0 Å². The van der Waals surface area contributed by atoms with Crippen molar-refractivity contribution in [1.29, 1.82) is 0 Å². The maximum atomic E-state index is 12.4. The molecule has 7 nitrogen and oxygen atoms in total. The van der Waals surface area contributed by atoms with Crippen molar-refractivity contribution in [1.82, 2.24) is 19.7 Å². The molecule has 0 spiro atoms. The summed E-state index contributed by atoms with van der Waals surface area (Å²) < 4.78 is 7.70. The van der Waals surface area contributed by atoms with Gasteiger partial charge < -0.3 is 14.3 Å². The van der Waals surface area contributed by atoms with Crippen LogP contribution in [0.25, 0.3) is 22.7 Å². The molecule has 2 aromatic heterocycles. The fourth-order valence-corrected chi connectivity index (χ4v) is 3.19. The summed E-state index contributed by atoms with van der Waals surface area (Å²) in [5.74, 6) is 1.81. The van der Waals surface area contributed by atoms with Gasteiger partial charge in [-0.3, -0.25) is 4.79 Å². The number of hydrogen-bond acceptors (Lipinski definition) is 5. The van der Waals surface area contributed by atoms with Crippen molar-refractivity contribution in [2.24, 2.45) is 0 Å². The molecule has 0 aliphatic rings. The molecule has 4 aromatic rings. The van der Waals surface area contributed by atoms with Crippen LogP contribution in [0.1, 0.15) is 19.2 Å². The minimum Gasteiger partial charge on any atom is -0.441 e. The zero-order chi connectivity index (χ0) is 20.9. The molecule has 0 atom stereocenters. The number of aromatic nitrogens is 4. The van der Waals surface area contributed by atoms with Crippen LogP contribution in [0.3, 0.4) is 0 Å². The Balaban J connectivity index is 1.36. The van der Waals surface area contributed by atoms with Gasteiger partial charge in [-0.1, -0.05) is 23.7 Å². The highest BCUT2D eigenvalue weighted by Crippen LogP contribution is 2.23. The third-order valence-corrected chi connectivity index (χ3v) is 4.86. The molecule has 0 fully saturated rings. The Labute approximate surface area is 178 Å². The number of hydrogen-bond donors (Lipinski definition) is 1. The van der Waals surface area contributed by atoms with E-state index in [4.69, 9.17) is 16.0 Å². The number of carbonyl (C=O) groups excluding carboxylic acids is 1. The third-order valence-electron chi connectivity index (χ3n) is 4.61. The maximum Gasteiger partial charge on any atom is 0.224 e. The summed E-state index contributed by atoms with van der Waals surface area (Å²) in [5.41, 5.74) is 2.49. The number of aryl methyl sites for hydroxylation is 2. The lowest BCUT2D eigenvalue weighted by Crippen LogP contribution is -2.12. The van der Waals surface area contributed by atoms with E-state index in [9.17, 15) is 4.79 Å². The number of oxazole rings is 1. The first-order chi connectivity index (χ1) is 14.6. The highest BCUT2D eigenvalue weighted by atomic mass is 35.5. The Morgan fingerprint density at radius 1 is 1.17 bits per heavy atom. The van der Waals surface area contributed by atoms with Crippen molar-refractivity contribution >= 4 is 23.2 Å². The lowest BCUT2D eigenvalue weighted by atomic mass is 10.2. The Morgan fingerprint density at radius 3 is 2.80 bits per heavy atom. The molecular weight excluding hydrogens is 402 g/mol. The largest absolute Gasteiger partial charge is 0.441 e. The van der Waals surface area contributed by atoms with E-state index in [0.717, 1.165) is 23.5 Å².